The second-order valence-corrected chi connectivity index (χ2v) is 6.66. The Kier molecular flexibility index (Phi) is 5.22. The number of carbonyl (C=O) groups is 2. The van der Waals surface area contributed by atoms with Crippen LogP contribution in [0.2, 0.25) is 0 Å². The maximum absolute atomic E-state index is 12.3. The Labute approximate surface area is 128 Å². The molecule has 1 heterocycles. The molecule has 1 amide bonds. The zero-order valence-electron chi connectivity index (χ0n) is 12.3. The van der Waals surface area contributed by atoms with Crippen LogP contribution in [0.25, 0.3) is 0 Å². The lowest BCUT2D eigenvalue weighted by molar-refractivity contribution is 0.0694. The third kappa shape index (κ3) is 3.75. The second kappa shape index (κ2) is 6.93. The van der Waals surface area contributed by atoms with Gasteiger partial charge in [0.25, 0.3) is 5.91 Å². The third-order valence-electron chi connectivity index (χ3n) is 3.70. The lowest BCUT2D eigenvalue weighted by atomic mass is 10.1. The summed E-state index contributed by atoms with van der Waals surface area (Å²) in [6, 6.07) is 3.10. The van der Waals surface area contributed by atoms with Gasteiger partial charge in [-0.2, -0.15) is 11.8 Å². The van der Waals surface area contributed by atoms with Crippen molar-refractivity contribution in [3.63, 3.8) is 0 Å². The van der Waals surface area contributed by atoms with E-state index in [9.17, 15) is 9.59 Å². The standard InChI is InChI=1S/C15H20N2O3S/c1-3-21-13-6-4-5-11(13)17-14(18)12-8-7-10(15(19)20)9(2)16-12/h7-8,11,13H,3-6H2,1-2H3,(H,17,18)(H,19,20). The molecule has 2 atom stereocenters. The number of hydrogen-bond donors (Lipinski definition) is 2. The largest absolute Gasteiger partial charge is 0.478 e. The van der Waals surface area contributed by atoms with Crippen LogP contribution in [-0.4, -0.2) is 39.0 Å². The fourth-order valence-electron chi connectivity index (χ4n) is 2.66. The molecule has 114 valence electrons. The van der Waals surface area contributed by atoms with Crippen LogP contribution in [0.4, 0.5) is 0 Å². The average molecular weight is 308 g/mol. The lowest BCUT2D eigenvalue weighted by Gasteiger charge is -2.20. The van der Waals surface area contributed by atoms with Crippen LogP contribution in [0.1, 0.15) is 52.7 Å². The summed E-state index contributed by atoms with van der Waals surface area (Å²) in [6.07, 6.45) is 3.26. The number of nitrogens with one attached hydrogen (secondary N) is 1. The Morgan fingerprint density at radius 1 is 1.43 bits per heavy atom. The van der Waals surface area contributed by atoms with Gasteiger partial charge in [-0.3, -0.25) is 4.79 Å². The number of carbonyl (C=O) groups excluding carboxylic acids is 1. The summed E-state index contributed by atoms with van der Waals surface area (Å²) in [7, 11) is 0. The van der Waals surface area contributed by atoms with E-state index in [2.05, 4.69) is 17.2 Å². The van der Waals surface area contributed by atoms with E-state index < -0.39 is 5.97 Å². The fraction of sp³-hybridized carbons (Fsp3) is 0.533. The molecule has 1 aromatic rings. The smallest absolute Gasteiger partial charge is 0.337 e. The van der Waals surface area contributed by atoms with Gasteiger partial charge in [-0.15, -0.1) is 0 Å². The van der Waals surface area contributed by atoms with Crippen LogP contribution >= 0.6 is 11.8 Å². The Hall–Kier alpha value is -1.56. The molecule has 1 aliphatic rings. The number of thioether (sulfide) groups is 1. The van der Waals surface area contributed by atoms with E-state index >= 15 is 0 Å². The van der Waals surface area contributed by atoms with Crippen LogP contribution in [0.5, 0.6) is 0 Å². The van der Waals surface area contributed by atoms with Crippen molar-refractivity contribution in [3.05, 3.63) is 29.1 Å². The highest BCUT2D eigenvalue weighted by Crippen LogP contribution is 2.30. The fourth-order valence-corrected chi connectivity index (χ4v) is 3.86. The molecule has 2 rings (SSSR count). The summed E-state index contributed by atoms with van der Waals surface area (Å²) in [5.74, 6) is -0.201. The van der Waals surface area contributed by atoms with Crippen LogP contribution < -0.4 is 5.32 Å². The second-order valence-electron chi connectivity index (χ2n) is 5.14. The Morgan fingerprint density at radius 2 is 2.19 bits per heavy atom. The van der Waals surface area contributed by atoms with Gasteiger partial charge in [-0.1, -0.05) is 13.3 Å². The Balaban J connectivity index is 2.06. The van der Waals surface area contributed by atoms with Crippen LogP contribution in [0.15, 0.2) is 12.1 Å². The van der Waals surface area contributed by atoms with Crippen molar-refractivity contribution in [2.45, 2.75) is 44.4 Å². The summed E-state index contributed by atoms with van der Waals surface area (Å²) in [5.41, 5.74) is 0.775. The minimum atomic E-state index is -1.03. The molecule has 2 unspecified atom stereocenters. The number of aromatic nitrogens is 1. The number of carboxylic acids is 1. The van der Waals surface area contributed by atoms with Crippen molar-refractivity contribution < 1.29 is 14.7 Å². The van der Waals surface area contributed by atoms with Gasteiger partial charge in [0, 0.05) is 11.3 Å². The number of aryl methyl sites for hydroxylation is 1. The quantitative estimate of drug-likeness (QED) is 0.873. The third-order valence-corrected chi connectivity index (χ3v) is 5.02. The monoisotopic (exact) mass is 308 g/mol. The average Bonchev–Trinajstić information content (AvgIpc) is 2.86. The minimum Gasteiger partial charge on any atom is -0.478 e. The number of rotatable bonds is 5. The summed E-state index contributed by atoms with van der Waals surface area (Å²) >= 11 is 1.88. The molecule has 5 nitrogen and oxygen atoms in total. The van der Waals surface area contributed by atoms with Gasteiger partial charge in [0.15, 0.2) is 0 Å². The number of aromatic carboxylic acids is 1. The normalized spacial score (nSPS) is 21.2. The first-order valence-corrected chi connectivity index (χ1v) is 8.21. The molecule has 1 saturated carbocycles. The maximum atomic E-state index is 12.3. The topological polar surface area (TPSA) is 79.3 Å². The summed E-state index contributed by atoms with van der Waals surface area (Å²) < 4.78 is 0. The molecule has 6 heteroatoms. The van der Waals surface area contributed by atoms with E-state index in [1.54, 1.807) is 6.92 Å². The molecule has 21 heavy (non-hydrogen) atoms. The van der Waals surface area contributed by atoms with Gasteiger partial charge in [-0.05, 0) is 37.7 Å². The highest BCUT2D eigenvalue weighted by atomic mass is 32.2. The van der Waals surface area contributed by atoms with Crippen LogP contribution in [0.3, 0.4) is 0 Å². The van der Waals surface area contributed by atoms with Gasteiger partial charge < -0.3 is 10.4 Å². The maximum Gasteiger partial charge on any atom is 0.337 e. The van der Waals surface area contributed by atoms with E-state index in [0.29, 0.717) is 10.9 Å². The first-order chi connectivity index (χ1) is 10.0. The molecule has 0 aromatic carbocycles. The Morgan fingerprint density at radius 3 is 2.81 bits per heavy atom. The van der Waals surface area contributed by atoms with Crippen molar-refractivity contribution in [1.29, 1.82) is 0 Å². The first-order valence-electron chi connectivity index (χ1n) is 7.16. The lowest BCUT2D eigenvalue weighted by Crippen LogP contribution is -2.39. The zero-order chi connectivity index (χ0) is 15.4. The highest BCUT2D eigenvalue weighted by Gasteiger charge is 2.29. The number of carboxylic acid groups (broad SMARTS) is 1. The van der Waals surface area contributed by atoms with Gasteiger partial charge in [0.2, 0.25) is 0 Å². The van der Waals surface area contributed by atoms with E-state index in [4.69, 9.17) is 5.11 Å². The van der Waals surface area contributed by atoms with Crippen molar-refractivity contribution in [2.75, 3.05) is 5.75 Å². The van der Waals surface area contributed by atoms with Crippen molar-refractivity contribution in [3.8, 4) is 0 Å². The van der Waals surface area contributed by atoms with Crippen molar-refractivity contribution in [1.82, 2.24) is 10.3 Å². The molecular weight excluding hydrogens is 288 g/mol. The number of hydrogen-bond acceptors (Lipinski definition) is 4. The highest BCUT2D eigenvalue weighted by molar-refractivity contribution is 7.99. The van der Waals surface area contributed by atoms with E-state index in [0.717, 1.165) is 25.0 Å². The minimum absolute atomic E-state index is 0.131. The molecule has 0 saturated heterocycles. The van der Waals surface area contributed by atoms with Gasteiger partial charge in [-0.25, -0.2) is 9.78 Å². The van der Waals surface area contributed by atoms with Crippen molar-refractivity contribution >= 4 is 23.6 Å². The molecule has 0 aliphatic heterocycles. The molecule has 1 aliphatic carbocycles. The van der Waals surface area contributed by atoms with Gasteiger partial charge >= 0.3 is 5.97 Å². The van der Waals surface area contributed by atoms with E-state index in [-0.39, 0.29) is 23.2 Å². The van der Waals surface area contributed by atoms with Crippen molar-refractivity contribution in [2.24, 2.45) is 0 Å². The number of nitrogens with zero attached hydrogens (tertiary/aromatic N) is 1. The zero-order valence-corrected chi connectivity index (χ0v) is 13.1. The van der Waals surface area contributed by atoms with E-state index in [1.165, 1.54) is 12.1 Å². The Bertz CT molecular complexity index is 548. The van der Waals surface area contributed by atoms with Crippen LogP contribution in [-0.2, 0) is 0 Å². The summed E-state index contributed by atoms with van der Waals surface area (Å²) in [5, 5.41) is 12.5. The molecular formula is C15H20N2O3S. The van der Waals surface area contributed by atoms with Gasteiger partial charge in [0.1, 0.15) is 5.69 Å². The summed E-state index contributed by atoms with van der Waals surface area (Å²) in [4.78, 5) is 27.3. The number of pyridine rings is 1. The molecule has 0 radical (unpaired) electrons. The molecule has 0 bridgehead atoms. The number of amides is 1. The predicted molar refractivity (Wildman–Crippen MR) is 83.0 cm³/mol. The molecule has 0 spiro atoms. The van der Waals surface area contributed by atoms with Crippen LogP contribution in [0, 0.1) is 6.92 Å². The van der Waals surface area contributed by atoms with E-state index in [1.807, 2.05) is 11.8 Å². The molecule has 2 N–H and O–H groups in total. The van der Waals surface area contributed by atoms with Gasteiger partial charge in [0.05, 0.1) is 11.3 Å². The predicted octanol–water partition coefficient (Wildman–Crippen LogP) is 2.49. The summed E-state index contributed by atoms with van der Waals surface area (Å²) in [6.45, 7) is 3.73. The molecule has 1 aromatic heterocycles. The SMILES string of the molecule is CCSC1CCCC1NC(=O)c1ccc(C(=O)O)c(C)n1. The first kappa shape index (κ1) is 15.8. The molecule has 1 fully saturated rings.